The molecular weight excluding hydrogens is 356 g/mol. The number of fused-ring (bicyclic) bond motifs is 1. The number of benzene rings is 1. The zero-order valence-corrected chi connectivity index (χ0v) is 17.0. The fourth-order valence-corrected chi connectivity index (χ4v) is 3.31. The topological polar surface area (TPSA) is 76.5 Å². The summed E-state index contributed by atoms with van der Waals surface area (Å²) in [7, 11) is 1.84. The molecule has 0 fully saturated rings. The number of amides is 2. The highest BCUT2D eigenvalue weighted by atomic mass is 16.6. The van der Waals surface area contributed by atoms with Crippen LogP contribution in [0, 0.1) is 0 Å². The molecule has 0 atom stereocenters. The molecule has 150 valence electrons. The third-order valence-corrected chi connectivity index (χ3v) is 4.65. The number of rotatable bonds is 4. The molecule has 0 saturated heterocycles. The summed E-state index contributed by atoms with van der Waals surface area (Å²) in [5.74, 6) is -0.209. The van der Waals surface area contributed by atoms with Gasteiger partial charge in [0.25, 0.3) is 5.91 Å². The number of carbonyl (C=O) groups is 2. The second-order valence-electron chi connectivity index (χ2n) is 8.04. The highest BCUT2D eigenvalue weighted by Crippen LogP contribution is 2.23. The van der Waals surface area contributed by atoms with Crippen molar-refractivity contribution in [1.29, 1.82) is 0 Å². The van der Waals surface area contributed by atoms with E-state index >= 15 is 0 Å². The fourth-order valence-electron chi connectivity index (χ4n) is 3.31. The quantitative estimate of drug-likeness (QED) is 0.879. The molecule has 0 spiro atoms. The van der Waals surface area contributed by atoms with Crippen molar-refractivity contribution < 1.29 is 14.3 Å². The third kappa shape index (κ3) is 4.71. The summed E-state index contributed by atoms with van der Waals surface area (Å²) in [6, 6.07) is 10.0. The molecule has 1 aromatic heterocycles. The maximum atomic E-state index is 12.7. The molecule has 0 aliphatic carbocycles. The second-order valence-corrected chi connectivity index (χ2v) is 8.04. The average Bonchev–Trinajstić information content (AvgIpc) is 2.97. The summed E-state index contributed by atoms with van der Waals surface area (Å²) in [4.78, 5) is 26.8. The van der Waals surface area contributed by atoms with Crippen LogP contribution in [0.5, 0.6) is 0 Å². The molecule has 2 aromatic rings. The Kier molecular flexibility index (Phi) is 5.72. The van der Waals surface area contributed by atoms with Gasteiger partial charge in [-0.2, -0.15) is 5.10 Å². The number of hydrogen-bond acceptors (Lipinski definition) is 4. The van der Waals surface area contributed by atoms with Gasteiger partial charge < -0.3 is 15.0 Å². The van der Waals surface area contributed by atoms with E-state index in [4.69, 9.17) is 4.74 Å². The van der Waals surface area contributed by atoms with Gasteiger partial charge in [-0.15, -0.1) is 0 Å². The van der Waals surface area contributed by atoms with Crippen LogP contribution >= 0.6 is 0 Å². The lowest BCUT2D eigenvalue weighted by Crippen LogP contribution is -2.40. The van der Waals surface area contributed by atoms with E-state index in [0.29, 0.717) is 31.7 Å². The molecule has 0 radical (unpaired) electrons. The third-order valence-electron chi connectivity index (χ3n) is 4.65. The van der Waals surface area contributed by atoms with Crippen LogP contribution in [-0.2, 0) is 31.2 Å². The molecule has 2 heterocycles. The van der Waals surface area contributed by atoms with Gasteiger partial charge in [-0.1, -0.05) is 30.3 Å². The van der Waals surface area contributed by atoms with Crippen LogP contribution in [0.3, 0.4) is 0 Å². The van der Waals surface area contributed by atoms with Crippen LogP contribution in [0.15, 0.2) is 30.3 Å². The Morgan fingerprint density at radius 3 is 2.61 bits per heavy atom. The minimum atomic E-state index is -0.552. The lowest BCUT2D eigenvalue weighted by atomic mass is 10.0. The summed E-state index contributed by atoms with van der Waals surface area (Å²) >= 11 is 0. The summed E-state index contributed by atoms with van der Waals surface area (Å²) in [6.45, 7) is 6.95. The number of nitrogens with one attached hydrogen (secondary N) is 1. The van der Waals surface area contributed by atoms with Gasteiger partial charge in [-0.3, -0.25) is 9.48 Å². The number of aryl methyl sites for hydroxylation is 1. The molecule has 3 rings (SSSR count). The van der Waals surface area contributed by atoms with E-state index in [1.54, 1.807) is 9.58 Å². The van der Waals surface area contributed by atoms with E-state index < -0.39 is 5.60 Å². The summed E-state index contributed by atoms with van der Waals surface area (Å²) in [5, 5.41) is 7.36. The fraction of sp³-hybridized carbons (Fsp3) is 0.476. The number of ether oxygens (including phenoxy) is 1. The highest BCUT2D eigenvalue weighted by Gasteiger charge is 2.31. The van der Waals surface area contributed by atoms with Crippen LogP contribution in [0.4, 0.5) is 4.79 Å². The molecule has 1 aromatic carbocycles. The molecule has 1 aliphatic rings. The Bertz CT molecular complexity index is 853. The average molecular weight is 384 g/mol. The first-order valence-electron chi connectivity index (χ1n) is 9.59. The van der Waals surface area contributed by atoms with Crippen molar-refractivity contribution >= 4 is 12.0 Å². The first kappa shape index (κ1) is 19.9. The molecule has 0 bridgehead atoms. The van der Waals surface area contributed by atoms with Gasteiger partial charge >= 0.3 is 6.09 Å². The highest BCUT2D eigenvalue weighted by molar-refractivity contribution is 5.94. The Labute approximate surface area is 165 Å². The van der Waals surface area contributed by atoms with Crippen molar-refractivity contribution in [2.75, 3.05) is 13.1 Å². The first-order chi connectivity index (χ1) is 13.2. The van der Waals surface area contributed by atoms with E-state index in [1.165, 1.54) is 5.56 Å². The zero-order chi connectivity index (χ0) is 20.3. The van der Waals surface area contributed by atoms with Crippen LogP contribution in [0.1, 0.15) is 48.1 Å². The second kappa shape index (κ2) is 8.04. The van der Waals surface area contributed by atoms with Crippen molar-refractivity contribution in [2.24, 2.45) is 7.05 Å². The predicted octanol–water partition coefficient (Wildman–Crippen LogP) is 2.69. The zero-order valence-electron chi connectivity index (χ0n) is 17.0. The van der Waals surface area contributed by atoms with Gasteiger partial charge in [0, 0.05) is 37.8 Å². The largest absolute Gasteiger partial charge is 0.444 e. The molecule has 7 nitrogen and oxygen atoms in total. The molecule has 0 saturated carbocycles. The van der Waals surface area contributed by atoms with Gasteiger partial charge in [0.1, 0.15) is 5.60 Å². The van der Waals surface area contributed by atoms with Gasteiger partial charge in [0.2, 0.25) is 0 Å². The van der Waals surface area contributed by atoms with E-state index in [0.717, 1.165) is 17.7 Å². The van der Waals surface area contributed by atoms with E-state index in [1.807, 2.05) is 58.2 Å². The maximum Gasteiger partial charge on any atom is 0.410 e. The number of aromatic nitrogens is 2. The Balaban J connectivity index is 1.67. The summed E-state index contributed by atoms with van der Waals surface area (Å²) in [5.41, 5.74) is 2.80. The van der Waals surface area contributed by atoms with Crippen LogP contribution in [-0.4, -0.2) is 45.4 Å². The Morgan fingerprint density at radius 2 is 1.93 bits per heavy atom. The van der Waals surface area contributed by atoms with Crippen molar-refractivity contribution in [3.63, 3.8) is 0 Å². The van der Waals surface area contributed by atoms with Gasteiger partial charge in [-0.25, -0.2) is 4.79 Å². The molecule has 1 aliphatic heterocycles. The van der Waals surface area contributed by atoms with Crippen molar-refractivity contribution in [2.45, 2.75) is 45.8 Å². The summed E-state index contributed by atoms with van der Waals surface area (Å²) < 4.78 is 7.22. The Morgan fingerprint density at radius 1 is 1.21 bits per heavy atom. The van der Waals surface area contributed by atoms with Crippen molar-refractivity contribution in [3.8, 4) is 0 Å². The van der Waals surface area contributed by atoms with Crippen LogP contribution in [0.2, 0.25) is 0 Å². The SMILES string of the molecule is Cn1nc(C(=O)NCCc2ccccc2)c2c1CCN(C(=O)OC(C)(C)C)C2. The van der Waals surface area contributed by atoms with Crippen molar-refractivity contribution in [3.05, 3.63) is 52.8 Å². The molecular formula is C21H28N4O3. The van der Waals surface area contributed by atoms with Gasteiger partial charge in [0.15, 0.2) is 5.69 Å². The van der Waals surface area contributed by atoms with Crippen molar-refractivity contribution in [1.82, 2.24) is 20.0 Å². The number of nitrogens with zero attached hydrogens (tertiary/aromatic N) is 3. The van der Waals surface area contributed by atoms with E-state index in [9.17, 15) is 9.59 Å². The minimum absolute atomic E-state index is 0.209. The molecule has 1 N–H and O–H groups in total. The first-order valence-corrected chi connectivity index (χ1v) is 9.59. The molecule has 7 heteroatoms. The monoisotopic (exact) mass is 384 g/mol. The van der Waals surface area contributed by atoms with Gasteiger partial charge in [-0.05, 0) is 32.8 Å². The summed E-state index contributed by atoms with van der Waals surface area (Å²) in [6.07, 6.45) is 1.04. The number of carbonyl (C=O) groups excluding carboxylic acids is 2. The minimum Gasteiger partial charge on any atom is -0.444 e. The van der Waals surface area contributed by atoms with Crippen LogP contribution in [0.25, 0.3) is 0 Å². The van der Waals surface area contributed by atoms with E-state index in [2.05, 4.69) is 10.4 Å². The lowest BCUT2D eigenvalue weighted by molar-refractivity contribution is 0.0221. The normalized spacial score (nSPS) is 13.8. The van der Waals surface area contributed by atoms with Gasteiger partial charge in [0.05, 0.1) is 6.54 Å². The Hall–Kier alpha value is -2.83. The van der Waals surface area contributed by atoms with E-state index in [-0.39, 0.29) is 12.0 Å². The molecule has 0 unspecified atom stereocenters. The standard InChI is InChI=1S/C21H28N4O3/c1-21(2,3)28-20(27)25-13-11-17-16(14-25)18(23-24(17)4)19(26)22-12-10-15-8-6-5-7-9-15/h5-9H,10-14H2,1-4H3,(H,22,26). The molecule has 28 heavy (non-hydrogen) atoms. The smallest absolute Gasteiger partial charge is 0.410 e. The predicted molar refractivity (Wildman–Crippen MR) is 106 cm³/mol. The number of hydrogen-bond donors (Lipinski definition) is 1. The maximum absolute atomic E-state index is 12.7. The molecule has 2 amide bonds. The van der Waals surface area contributed by atoms with Crippen LogP contribution < -0.4 is 5.32 Å². The lowest BCUT2D eigenvalue weighted by Gasteiger charge is -2.30.